The van der Waals surface area contributed by atoms with Gasteiger partial charge in [-0.25, -0.2) is 0 Å². The van der Waals surface area contributed by atoms with Crippen LogP contribution in [0.1, 0.15) is 58.3 Å². The van der Waals surface area contributed by atoms with Crippen molar-refractivity contribution >= 4 is 0 Å². The number of nitrogens with zero attached hydrogens (tertiary/aromatic N) is 1. The Morgan fingerprint density at radius 2 is 1.89 bits per heavy atom. The number of rotatable bonds is 6. The van der Waals surface area contributed by atoms with E-state index < -0.39 is 0 Å². The molecule has 2 unspecified atom stereocenters. The third-order valence-electron chi connectivity index (χ3n) is 4.85. The molecule has 19 heavy (non-hydrogen) atoms. The zero-order valence-electron chi connectivity index (χ0n) is 12.9. The number of nitrogens with one attached hydrogen (secondary N) is 1. The predicted octanol–water partition coefficient (Wildman–Crippen LogP) is 2.80. The number of piperidine rings is 1. The standard InChI is InChI=1S/C16H32N2O/c1-3-4-10-18-11-8-14(9-12-18)17-15-6-5-7-16(13-15)19-2/h14-17H,3-13H2,1-2H3. The lowest BCUT2D eigenvalue weighted by Gasteiger charge is -2.37. The highest BCUT2D eigenvalue weighted by Gasteiger charge is 2.25. The first-order valence-electron chi connectivity index (χ1n) is 8.33. The van der Waals surface area contributed by atoms with Gasteiger partial charge in [-0.15, -0.1) is 0 Å². The van der Waals surface area contributed by atoms with Crippen LogP contribution < -0.4 is 5.32 Å². The van der Waals surface area contributed by atoms with Crippen LogP contribution in [0, 0.1) is 0 Å². The smallest absolute Gasteiger partial charge is 0.0586 e. The first-order valence-corrected chi connectivity index (χ1v) is 8.33. The minimum Gasteiger partial charge on any atom is -0.381 e. The SMILES string of the molecule is CCCCN1CCC(NC2CCCC(OC)C2)CC1. The molecule has 1 saturated carbocycles. The summed E-state index contributed by atoms with van der Waals surface area (Å²) in [6.45, 7) is 6.16. The van der Waals surface area contributed by atoms with E-state index in [4.69, 9.17) is 4.74 Å². The van der Waals surface area contributed by atoms with Gasteiger partial charge in [-0.1, -0.05) is 13.3 Å². The van der Waals surface area contributed by atoms with E-state index in [1.807, 2.05) is 7.11 Å². The molecule has 0 bridgehead atoms. The average molecular weight is 268 g/mol. The molecule has 0 radical (unpaired) electrons. The van der Waals surface area contributed by atoms with E-state index in [9.17, 15) is 0 Å². The molecule has 0 aromatic heterocycles. The molecular weight excluding hydrogens is 236 g/mol. The summed E-state index contributed by atoms with van der Waals surface area (Å²) in [5.41, 5.74) is 0. The van der Waals surface area contributed by atoms with Gasteiger partial charge in [0.2, 0.25) is 0 Å². The fraction of sp³-hybridized carbons (Fsp3) is 1.00. The Labute approximate surface area is 119 Å². The van der Waals surface area contributed by atoms with E-state index in [-0.39, 0.29) is 0 Å². The summed E-state index contributed by atoms with van der Waals surface area (Å²) in [5, 5.41) is 3.89. The minimum atomic E-state index is 0.496. The van der Waals surface area contributed by atoms with Gasteiger partial charge in [0.05, 0.1) is 6.10 Å². The van der Waals surface area contributed by atoms with Gasteiger partial charge in [-0.2, -0.15) is 0 Å². The zero-order chi connectivity index (χ0) is 13.5. The predicted molar refractivity (Wildman–Crippen MR) is 80.6 cm³/mol. The van der Waals surface area contributed by atoms with E-state index in [0.717, 1.165) is 6.04 Å². The maximum absolute atomic E-state index is 5.52. The summed E-state index contributed by atoms with van der Waals surface area (Å²) in [6.07, 6.45) is 11.0. The van der Waals surface area contributed by atoms with Crippen LogP contribution in [0.5, 0.6) is 0 Å². The van der Waals surface area contributed by atoms with Crippen molar-refractivity contribution in [1.82, 2.24) is 10.2 Å². The van der Waals surface area contributed by atoms with Crippen LogP contribution in [0.25, 0.3) is 0 Å². The van der Waals surface area contributed by atoms with Crippen molar-refractivity contribution in [1.29, 1.82) is 0 Å². The van der Waals surface area contributed by atoms with Crippen molar-refractivity contribution in [3.05, 3.63) is 0 Å². The highest BCUT2D eigenvalue weighted by molar-refractivity contribution is 4.84. The molecule has 2 fully saturated rings. The van der Waals surface area contributed by atoms with Crippen LogP contribution in [0.4, 0.5) is 0 Å². The maximum Gasteiger partial charge on any atom is 0.0586 e. The van der Waals surface area contributed by atoms with Crippen molar-refractivity contribution < 1.29 is 4.74 Å². The van der Waals surface area contributed by atoms with Gasteiger partial charge in [0.1, 0.15) is 0 Å². The number of unbranched alkanes of at least 4 members (excludes halogenated alkanes) is 1. The van der Waals surface area contributed by atoms with Crippen molar-refractivity contribution in [2.75, 3.05) is 26.7 Å². The zero-order valence-corrected chi connectivity index (χ0v) is 12.9. The Morgan fingerprint density at radius 3 is 2.58 bits per heavy atom. The summed E-state index contributed by atoms with van der Waals surface area (Å²) < 4.78 is 5.52. The first kappa shape index (κ1) is 15.3. The molecule has 2 aliphatic rings. The summed E-state index contributed by atoms with van der Waals surface area (Å²) >= 11 is 0. The quantitative estimate of drug-likeness (QED) is 0.801. The van der Waals surface area contributed by atoms with Gasteiger partial charge in [-0.3, -0.25) is 0 Å². The molecule has 1 saturated heterocycles. The Balaban J connectivity index is 1.64. The van der Waals surface area contributed by atoms with E-state index in [1.165, 1.54) is 71.0 Å². The molecule has 1 aliphatic carbocycles. The van der Waals surface area contributed by atoms with Gasteiger partial charge < -0.3 is 15.0 Å². The van der Waals surface area contributed by atoms with Gasteiger partial charge in [0.15, 0.2) is 0 Å². The lowest BCUT2D eigenvalue weighted by molar-refractivity contribution is 0.0545. The Morgan fingerprint density at radius 1 is 1.11 bits per heavy atom. The lowest BCUT2D eigenvalue weighted by Crippen LogP contribution is -2.48. The van der Waals surface area contributed by atoms with Crippen LogP contribution in [-0.2, 0) is 4.74 Å². The van der Waals surface area contributed by atoms with Gasteiger partial charge in [-0.05, 0) is 64.6 Å². The molecule has 0 amide bonds. The fourth-order valence-electron chi connectivity index (χ4n) is 3.55. The van der Waals surface area contributed by atoms with E-state index in [2.05, 4.69) is 17.1 Å². The fourth-order valence-corrected chi connectivity index (χ4v) is 3.55. The van der Waals surface area contributed by atoms with Crippen LogP contribution in [0.3, 0.4) is 0 Å². The summed E-state index contributed by atoms with van der Waals surface area (Å²) in [6, 6.07) is 1.45. The van der Waals surface area contributed by atoms with Crippen molar-refractivity contribution in [3.63, 3.8) is 0 Å². The largest absolute Gasteiger partial charge is 0.381 e. The van der Waals surface area contributed by atoms with E-state index >= 15 is 0 Å². The second-order valence-corrected chi connectivity index (χ2v) is 6.36. The normalized spacial score (nSPS) is 30.6. The van der Waals surface area contributed by atoms with E-state index in [1.54, 1.807) is 0 Å². The lowest BCUT2D eigenvalue weighted by atomic mass is 9.91. The minimum absolute atomic E-state index is 0.496. The van der Waals surface area contributed by atoms with Crippen molar-refractivity contribution in [3.8, 4) is 0 Å². The van der Waals surface area contributed by atoms with Crippen LogP contribution in [0.2, 0.25) is 0 Å². The van der Waals surface area contributed by atoms with Gasteiger partial charge >= 0.3 is 0 Å². The Kier molecular flexibility index (Phi) is 6.62. The number of hydrogen-bond acceptors (Lipinski definition) is 3. The Bertz CT molecular complexity index is 239. The third kappa shape index (κ3) is 5.05. The molecule has 112 valence electrons. The van der Waals surface area contributed by atoms with Crippen molar-refractivity contribution in [2.24, 2.45) is 0 Å². The molecule has 0 spiro atoms. The molecule has 2 atom stereocenters. The average Bonchev–Trinajstić information content (AvgIpc) is 2.47. The molecule has 2 rings (SSSR count). The van der Waals surface area contributed by atoms with Crippen LogP contribution in [-0.4, -0.2) is 49.8 Å². The van der Waals surface area contributed by atoms with Gasteiger partial charge in [0.25, 0.3) is 0 Å². The third-order valence-corrected chi connectivity index (χ3v) is 4.85. The molecule has 3 nitrogen and oxygen atoms in total. The molecule has 3 heteroatoms. The number of ether oxygens (including phenoxy) is 1. The first-order chi connectivity index (χ1) is 9.31. The van der Waals surface area contributed by atoms with Crippen LogP contribution >= 0.6 is 0 Å². The number of likely N-dealkylation sites (tertiary alicyclic amines) is 1. The van der Waals surface area contributed by atoms with E-state index in [0.29, 0.717) is 12.1 Å². The number of methoxy groups -OCH3 is 1. The summed E-state index contributed by atoms with van der Waals surface area (Å²) in [5.74, 6) is 0. The highest BCUT2D eigenvalue weighted by atomic mass is 16.5. The molecule has 1 N–H and O–H groups in total. The molecule has 0 aromatic rings. The summed E-state index contributed by atoms with van der Waals surface area (Å²) in [4.78, 5) is 2.64. The highest BCUT2D eigenvalue weighted by Crippen LogP contribution is 2.22. The second kappa shape index (κ2) is 8.23. The number of hydrogen-bond donors (Lipinski definition) is 1. The monoisotopic (exact) mass is 268 g/mol. The topological polar surface area (TPSA) is 24.5 Å². The summed E-state index contributed by atoms with van der Waals surface area (Å²) in [7, 11) is 1.86. The van der Waals surface area contributed by atoms with Crippen molar-refractivity contribution in [2.45, 2.75) is 76.5 Å². The second-order valence-electron chi connectivity index (χ2n) is 6.36. The van der Waals surface area contributed by atoms with Gasteiger partial charge in [0, 0.05) is 19.2 Å². The Hall–Kier alpha value is -0.120. The maximum atomic E-state index is 5.52. The molecule has 1 aliphatic heterocycles. The molecule has 1 heterocycles. The molecular formula is C16H32N2O. The molecule has 0 aromatic carbocycles. The van der Waals surface area contributed by atoms with Crippen LogP contribution in [0.15, 0.2) is 0 Å².